The number of alkyl halides is 2. The normalized spacial score (nSPS) is 22.2. The van der Waals surface area contributed by atoms with Gasteiger partial charge in [-0.2, -0.15) is 0 Å². The van der Waals surface area contributed by atoms with Crippen LogP contribution in [0.3, 0.4) is 0 Å². The molecule has 1 atom stereocenters. The van der Waals surface area contributed by atoms with Crippen molar-refractivity contribution in [2.75, 3.05) is 6.54 Å². The second kappa shape index (κ2) is 5.53. The zero-order valence-corrected chi connectivity index (χ0v) is 8.02. The molecule has 0 amide bonds. The molecular weight excluding hydrogens is 172 g/mol. The average Bonchev–Trinajstić information content (AvgIpc) is 2.15. The molecule has 2 N–H and O–H groups in total. The van der Waals surface area contributed by atoms with Gasteiger partial charge in [-0.15, -0.1) is 0 Å². The highest BCUT2D eigenvalue weighted by molar-refractivity contribution is 4.75. The monoisotopic (exact) mass is 191 g/mol. The molecule has 13 heavy (non-hydrogen) atoms. The van der Waals surface area contributed by atoms with E-state index in [0.717, 1.165) is 25.7 Å². The van der Waals surface area contributed by atoms with Crippen LogP contribution in [-0.2, 0) is 0 Å². The van der Waals surface area contributed by atoms with Gasteiger partial charge in [-0.3, -0.25) is 0 Å². The van der Waals surface area contributed by atoms with Crippen molar-refractivity contribution in [1.29, 1.82) is 0 Å². The molecule has 3 heteroatoms. The fourth-order valence-electron chi connectivity index (χ4n) is 2.32. The summed E-state index contributed by atoms with van der Waals surface area (Å²) in [6.07, 6.45) is 3.74. The van der Waals surface area contributed by atoms with Gasteiger partial charge in [-0.1, -0.05) is 19.3 Å². The van der Waals surface area contributed by atoms with Crippen LogP contribution in [0.4, 0.5) is 8.78 Å². The summed E-state index contributed by atoms with van der Waals surface area (Å²) in [6.45, 7) is 0.394. The largest absolute Gasteiger partial charge is 0.330 e. The number of rotatable bonds is 4. The van der Waals surface area contributed by atoms with Gasteiger partial charge in [-0.25, -0.2) is 8.78 Å². The molecule has 0 radical (unpaired) electrons. The summed E-state index contributed by atoms with van der Waals surface area (Å²) in [5.74, 6) is -0.206. The summed E-state index contributed by atoms with van der Waals surface area (Å²) < 4.78 is 25.2. The summed E-state index contributed by atoms with van der Waals surface area (Å²) in [5, 5.41) is 0. The van der Waals surface area contributed by atoms with E-state index in [-0.39, 0.29) is 5.92 Å². The molecule has 0 aliphatic heterocycles. The van der Waals surface area contributed by atoms with Crippen molar-refractivity contribution in [2.24, 2.45) is 17.6 Å². The van der Waals surface area contributed by atoms with Gasteiger partial charge < -0.3 is 5.73 Å². The van der Waals surface area contributed by atoms with Crippen LogP contribution in [0, 0.1) is 11.8 Å². The highest BCUT2D eigenvalue weighted by Crippen LogP contribution is 2.34. The molecule has 1 unspecified atom stereocenters. The van der Waals surface area contributed by atoms with Crippen LogP contribution in [0.15, 0.2) is 0 Å². The molecule has 0 saturated heterocycles. The maximum atomic E-state index is 12.6. The van der Waals surface area contributed by atoms with E-state index in [4.69, 9.17) is 5.73 Å². The van der Waals surface area contributed by atoms with Crippen molar-refractivity contribution in [3.05, 3.63) is 0 Å². The van der Waals surface area contributed by atoms with Crippen LogP contribution in [0.5, 0.6) is 0 Å². The van der Waals surface area contributed by atoms with Crippen molar-refractivity contribution in [3.8, 4) is 0 Å². The summed E-state index contributed by atoms with van der Waals surface area (Å²) >= 11 is 0. The molecule has 0 aromatic carbocycles. The van der Waals surface area contributed by atoms with Gasteiger partial charge in [0.1, 0.15) is 0 Å². The van der Waals surface area contributed by atoms with E-state index < -0.39 is 12.3 Å². The maximum absolute atomic E-state index is 12.6. The van der Waals surface area contributed by atoms with Gasteiger partial charge in [0.2, 0.25) is 6.43 Å². The quantitative estimate of drug-likeness (QED) is 0.726. The Morgan fingerprint density at radius 3 is 2.23 bits per heavy atom. The van der Waals surface area contributed by atoms with Gasteiger partial charge in [0.05, 0.1) is 0 Å². The Balaban J connectivity index is 2.41. The fourth-order valence-corrected chi connectivity index (χ4v) is 2.32. The molecule has 0 heterocycles. The van der Waals surface area contributed by atoms with Gasteiger partial charge >= 0.3 is 0 Å². The first-order chi connectivity index (χ1) is 6.25. The average molecular weight is 191 g/mol. The van der Waals surface area contributed by atoms with Crippen molar-refractivity contribution < 1.29 is 8.78 Å². The zero-order chi connectivity index (χ0) is 9.68. The molecule has 1 rings (SSSR count). The van der Waals surface area contributed by atoms with Crippen LogP contribution in [0.25, 0.3) is 0 Å². The molecule has 0 bridgehead atoms. The number of hydrogen-bond acceptors (Lipinski definition) is 1. The standard InChI is InChI=1S/C10H19F2N/c11-10(12)9(6-7-13)8-4-2-1-3-5-8/h8-10H,1-7,13H2. The SMILES string of the molecule is NCCC(C(F)F)C1CCCCC1. The van der Waals surface area contributed by atoms with E-state index in [9.17, 15) is 8.78 Å². The van der Waals surface area contributed by atoms with Crippen LogP contribution in [0.2, 0.25) is 0 Å². The lowest BCUT2D eigenvalue weighted by atomic mass is 9.79. The number of nitrogens with two attached hydrogens (primary N) is 1. The minimum Gasteiger partial charge on any atom is -0.330 e. The molecule has 0 aromatic rings. The van der Waals surface area contributed by atoms with Crippen LogP contribution < -0.4 is 5.73 Å². The molecule has 1 aliphatic rings. The van der Waals surface area contributed by atoms with Gasteiger partial charge in [0, 0.05) is 5.92 Å². The predicted molar refractivity (Wildman–Crippen MR) is 49.7 cm³/mol. The summed E-state index contributed by atoms with van der Waals surface area (Å²) in [7, 11) is 0. The smallest absolute Gasteiger partial charge is 0.241 e. The minimum absolute atomic E-state index is 0.234. The van der Waals surface area contributed by atoms with Crippen LogP contribution in [0.1, 0.15) is 38.5 Å². The molecular formula is C10H19F2N. The molecule has 1 aliphatic carbocycles. The Hall–Kier alpha value is -0.180. The van der Waals surface area contributed by atoms with E-state index in [1.165, 1.54) is 6.42 Å². The molecule has 78 valence electrons. The number of halogens is 2. The molecule has 1 fully saturated rings. The van der Waals surface area contributed by atoms with Crippen molar-refractivity contribution in [2.45, 2.75) is 45.0 Å². The molecule has 0 spiro atoms. The van der Waals surface area contributed by atoms with Crippen molar-refractivity contribution in [3.63, 3.8) is 0 Å². The first-order valence-corrected chi connectivity index (χ1v) is 5.24. The van der Waals surface area contributed by atoms with E-state index >= 15 is 0 Å². The summed E-state index contributed by atoms with van der Waals surface area (Å²) in [6, 6.07) is 0. The van der Waals surface area contributed by atoms with E-state index in [1.54, 1.807) is 0 Å². The van der Waals surface area contributed by atoms with Gasteiger partial charge in [-0.05, 0) is 31.7 Å². The highest BCUT2D eigenvalue weighted by atomic mass is 19.3. The van der Waals surface area contributed by atoms with Crippen LogP contribution >= 0.6 is 0 Å². The highest BCUT2D eigenvalue weighted by Gasteiger charge is 2.29. The second-order valence-corrected chi connectivity index (χ2v) is 3.97. The molecule has 1 saturated carbocycles. The summed E-state index contributed by atoms with van der Waals surface area (Å²) in [4.78, 5) is 0. The second-order valence-electron chi connectivity index (χ2n) is 3.97. The van der Waals surface area contributed by atoms with Gasteiger partial charge in [0.25, 0.3) is 0 Å². The lowest BCUT2D eigenvalue weighted by Gasteiger charge is -2.29. The Bertz CT molecular complexity index is 133. The fraction of sp³-hybridized carbons (Fsp3) is 1.00. The third kappa shape index (κ3) is 3.22. The first-order valence-electron chi connectivity index (χ1n) is 5.24. The van der Waals surface area contributed by atoms with Crippen molar-refractivity contribution >= 4 is 0 Å². The summed E-state index contributed by atoms with van der Waals surface area (Å²) in [5.41, 5.74) is 5.34. The Labute approximate surface area is 78.7 Å². The van der Waals surface area contributed by atoms with E-state index in [0.29, 0.717) is 13.0 Å². The van der Waals surface area contributed by atoms with E-state index in [1.807, 2.05) is 0 Å². The maximum Gasteiger partial charge on any atom is 0.241 e. The third-order valence-corrected chi connectivity index (χ3v) is 3.08. The zero-order valence-electron chi connectivity index (χ0n) is 8.02. The lowest BCUT2D eigenvalue weighted by Crippen LogP contribution is -2.26. The molecule has 0 aromatic heterocycles. The van der Waals surface area contributed by atoms with Crippen LogP contribution in [-0.4, -0.2) is 13.0 Å². The topological polar surface area (TPSA) is 26.0 Å². The third-order valence-electron chi connectivity index (χ3n) is 3.08. The Morgan fingerprint density at radius 1 is 1.15 bits per heavy atom. The number of hydrogen-bond donors (Lipinski definition) is 1. The van der Waals surface area contributed by atoms with Gasteiger partial charge in [0.15, 0.2) is 0 Å². The predicted octanol–water partition coefficient (Wildman–Crippen LogP) is 2.80. The lowest BCUT2D eigenvalue weighted by molar-refractivity contribution is 0.0279. The molecule has 1 nitrogen and oxygen atoms in total. The Kier molecular flexibility index (Phi) is 4.64. The van der Waals surface area contributed by atoms with Crippen molar-refractivity contribution in [1.82, 2.24) is 0 Å². The first kappa shape index (κ1) is 10.9. The minimum atomic E-state index is -2.17. The van der Waals surface area contributed by atoms with E-state index in [2.05, 4.69) is 0 Å². The Morgan fingerprint density at radius 2 is 1.77 bits per heavy atom.